The first-order valence-electron chi connectivity index (χ1n) is 8.38. The second-order valence-electron chi connectivity index (χ2n) is 6.23. The summed E-state index contributed by atoms with van der Waals surface area (Å²) in [6.07, 6.45) is 0.514. The summed E-state index contributed by atoms with van der Waals surface area (Å²) in [5.41, 5.74) is 0.937. The Balaban J connectivity index is 1.87. The summed E-state index contributed by atoms with van der Waals surface area (Å²) >= 11 is 1.51. The summed E-state index contributed by atoms with van der Waals surface area (Å²) in [5.74, 6) is -1.33. The number of hydrogen-bond donors (Lipinski definition) is 1. The van der Waals surface area contributed by atoms with Gasteiger partial charge in [-0.15, -0.1) is 11.8 Å². The zero-order chi connectivity index (χ0) is 17.8. The van der Waals surface area contributed by atoms with Crippen LogP contribution >= 0.6 is 11.8 Å². The number of rotatable bonds is 5. The van der Waals surface area contributed by atoms with Gasteiger partial charge in [0.25, 0.3) is 0 Å². The summed E-state index contributed by atoms with van der Waals surface area (Å²) in [6, 6.07) is 19.2. The molecule has 1 amide bonds. The van der Waals surface area contributed by atoms with E-state index < -0.39 is 11.9 Å². The normalized spacial score (nSPS) is 21.1. The molecule has 130 valence electrons. The molecule has 0 bridgehead atoms. The number of aliphatic carboxylic acids is 1. The predicted molar refractivity (Wildman–Crippen MR) is 98.4 cm³/mol. The fourth-order valence-electron chi connectivity index (χ4n) is 3.26. The van der Waals surface area contributed by atoms with E-state index in [9.17, 15) is 14.7 Å². The second-order valence-corrected chi connectivity index (χ2v) is 7.41. The molecule has 1 heterocycles. The third kappa shape index (κ3) is 3.87. The molecule has 25 heavy (non-hydrogen) atoms. The van der Waals surface area contributed by atoms with E-state index in [1.54, 1.807) is 4.90 Å². The SMILES string of the molecule is CC1C(C(=O)O)CCN1C(=O)C(Sc1ccccc1)c1ccccc1. The molecule has 5 heteroatoms. The van der Waals surface area contributed by atoms with E-state index in [4.69, 9.17) is 0 Å². The van der Waals surface area contributed by atoms with Gasteiger partial charge in [-0.25, -0.2) is 0 Å². The van der Waals surface area contributed by atoms with Crippen LogP contribution in [0.1, 0.15) is 24.2 Å². The molecule has 0 aromatic heterocycles. The van der Waals surface area contributed by atoms with E-state index in [0.29, 0.717) is 13.0 Å². The third-order valence-electron chi connectivity index (χ3n) is 4.68. The monoisotopic (exact) mass is 355 g/mol. The van der Waals surface area contributed by atoms with Crippen LogP contribution in [0.3, 0.4) is 0 Å². The number of nitrogens with zero attached hydrogens (tertiary/aromatic N) is 1. The van der Waals surface area contributed by atoms with Crippen LogP contribution in [0, 0.1) is 5.92 Å². The fraction of sp³-hybridized carbons (Fsp3) is 0.300. The minimum atomic E-state index is -0.824. The Labute approximate surface area is 151 Å². The van der Waals surface area contributed by atoms with Crippen LogP contribution in [0.4, 0.5) is 0 Å². The highest BCUT2D eigenvalue weighted by Gasteiger charge is 2.40. The summed E-state index contributed by atoms with van der Waals surface area (Å²) < 4.78 is 0. The number of benzene rings is 2. The molecule has 4 nitrogen and oxygen atoms in total. The van der Waals surface area contributed by atoms with Crippen LogP contribution in [-0.2, 0) is 9.59 Å². The van der Waals surface area contributed by atoms with Gasteiger partial charge in [0, 0.05) is 17.5 Å². The van der Waals surface area contributed by atoms with Crippen LogP contribution < -0.4 is 0 Å². The minimum Gasteiger partial charge on any atom is -0.481 e. The number of amides is 1. The van der Waals surface area contributed by atoms with Crippen molar-refractivity contribution in [3.8, 4) is 0 Å². The van der Waals surface area contributed by atoms with Gasteiger partial charge in [0.2, 0.25) is 5.91 Å². The Hall–Kier alpha value is -2.27. The van der Waals surface area contributed by atoms with Gasteiger partial charge in [-0.2, -0.15) is 0 Å². The van der Waals surface area contributed by atoms with Crippen molar-refractivity contribution < 1.29 is 14.7 Å². The molecule has 3 rings (SSSR count). The topological polar surface area (TPSA) is 57.6 Å². The second kappa shape index (κ2) is 7.74. The number of hydrogen-bond acceptors (Lipinski definition) is 3. The molecule has 1 saturated heterocycles. The summed E-state index contributed by atoms with van der Waals surface area (Å²) in [5, 5.41) is 8.95. The molecule has 0 saturated carbocycles. The van der Waals surface area contributed by atoms with Crippen LogP contribution in [0.25, 0.3) is 0 Å². The first-order valence-corrected chi connectivity index (χ1v) is 9.26. The Kier molecular flexibility index (Phi) is 5.43. The van der Waals surface area contributed by atoms with Gasteiger partial charge in [0.1, 0.15) is 5.25 Å². The molecule has 1 fully saturated rings. The van der Waals surface area contributed by atoms with Gasteiger partial charge in [-0.05, 0) is 31.0 Å². The van der Waals surface area contributed by atoms with Crippen LogP contribution in [0.15, 0.2) is 65.6 Å². The average Bonchev–Trinajstić information content (AvgIpc) is 3.02. The maximum absolute atomic E-state index is 13.2. The number of carboxylic acid groups (broad SMARTS) is 1. The smallest absolute Gasteiger partial charge is 0.308 e. The number of thioether (sulfide) groups is 1. The van der Waals surface area contributed by atoms with Crippen molar-refractivity contribution >= 4 is 23.6 Å². The number of carboxylic acids is 1. The predicted octanol–water partition coefficient (Wildman–Crippen LogP) is 3.84. The van der Waals surface area contributed by atoms with E-state index in [-0.39, 0.29) is 17.2 Å². The van der Waals surface area contributed by atoms with Crippen LogP contribution in [0.2, 0.25) is 0 Å². The zero-order valence-electron chi connectivity index (χ0n) is 14.0. The summed E-state index contributed by atoms with van der Waals surface area (Å²) in [7, 11) is 0. The first-order chi connectivity index (χ1) is 12.1. The maximum Gasteiger partial charge on any atom is 0.308 e. The van der Waals surface area contributed by atoms with Gasteiger partial charge in [-0.1, -0.05) is 48.5 Å². The molecule has 1 N–H and O–H groups in total. The van der Waals surface area contributed by atoms with Crippen molar-refractivity contribution in [3.63, 3.8) is 0 Å². The molecule has 3 unspecified atom stereocenters. The van der Waals surface area contributed by atoms with Gasteiger partial charge in [-0.3, -0.25) is 9.59 Å². The van der Waals surface area contributed by atoms with Crippen molar-refractivity contribution in [2.45, 2.75) is 29.5 Å². The Morgan fingerprint density at radius 2 is 1.68 bits per heavy atom. The van der Waals surface area contributed by atoms with Crippen molar-refractivity contribution in [1.82, 2.24) is 4.90 Å². The molecule has 2 aromatic carbocycles. The van der Waals surface area contributed by atoms with Crippen LogP contribution in [-0.4, -0.2) is 34.5 Å². The van der Waals surface area contributed by atoms with Gasteiger partial charge >= 0.3 is 5.97 Å². The highest BCUT2D eigenvalue weighted by molar-refractivity contribution is 8.00. The quantitative estimate of drug-likeness (QED) is 0.828. The molecule has 0 radical (unpaired) electrons. The summed E-state index contributed by atoms with van der Waals surface area (Å²) in [6.45, 7) is 2.33. The zero-order valence-corrected chi connectivity index (χ0v) is 14.9. The Morgan fingerprint density at radius 3 is 2.24 bits per heavy atom. The lowest BCUT2D eigenvalue weighted by molar-refractivity contribution is -0.143. The van der Waals surface area contributed by atoms with Crippen molar-refractivity contribution in [1.29, 1.82) is 0 Å². The van der Waals surface area contributed by atoms with Crippen molar-refractivity contribution in [2.24, 2.45) is 5.92 Å². The molecular formula is C20H21NO3S. The maximum atomic E-state index is 13.2. The molecular weight excluding hydrogens is 334 g/mol. The molecule has 0 aliphatic carbocycles. The van der Waals surface area contributed by atoms with Crippen molar-refractivity contribution in [2.75, 3.05) is 6.54 Å². The molecule has 3 atom stereocenters. The Bertz CT molecular complexity index is 735. The minimum absolute atomic E-state index is 0.0173. The van der Waals surface area contributed by atoms with E-state index in [1.807, 2.05) is 67.6 Å². The lowest BCUT2D eigenvalue weighted by Crippen LogP contribution is -2.39. The molecule has 2 aromatic rings. The lowest BCUT2D eigenvalue weighted by Gasteiger charge is -2.28. The highest BCUT2D eigenvalue weighted by atomic mass is 32.2. The first kappa shape index (κ1) is 17.5. The van der Waals surface area contributed by atoms with E-state index in [0.717, 1.165) is 10.5 Å². The largest absolute Gasteiger partial charge is 0.481 e. The van der Waals surface area contributed by atoms with Crippen LogP contribution in [0.5, 0.6) is 0 Å². The van der Waals surface area contributed by atoms with Crippen molar-refractivity contribution in [3.05, 3.63) is 66.2 Å². The van der Waals surface area contributed by atoms with E-state index >= 15 is 0 Å². The number of carbonyl (C=O) groups is 2. The number of likely N-dealkylation sites (tertiary alicyclic amines) is 1. The van der Waals surface area contributed by atoms with Gasteiger partial charge in [0.15, 0.2) is 0 Å². The molecule has 1 aliphatic heterocycles. The third-order valence-corrected chi connectivity index (χ3v) is 5.93. The summed E-state index contributed by atoms with van der Waals surface area (Å²) in [4.78, 5) is 27.4. The van der Waals surface area contributed by atoms with Gasteiger partial charge in [0.05, 0.1) is 5.92 Å². The standard InChI is InChI=1S/C20H21NO3S/c1-14-17(20(23)24)12-13-21(14)19(22)18(15-8-4-2-5-9-15)25-16-10-6-3-7-11-16/h2-11,14,17-18H,12-13H2,1H3,(H,23,24). The highest BCUT2D eigenvalue weighted by Crippen LogP contribution is 2.38. The molecule has 0 spiro atoms. The lowest BCUT2D eigenvalue weighted by atomic mass is 10.0. The molecule has 1 aliphatic rings. The van der Waals surface area contributed by atoms with Gasteiger partial charge < -0.3 is 10.0 Å². The average molecular weight is 355 g/mol. The number of carbonyl (C=O) groups excluding carboxylic acids is 1. The Morgan fingerprint density at radius 1 is 1.08 bits per heavy atom. The van der Waals surface area contributed by atoms with E-state index in [2.05, 4.69) is 0 Å². The fourth-order valence-corrected chi connectivity index (χ4v) is 4.37. The van der Waals surface area contributed by atoms with E-state index in [1.165, 1.54) is 11.8 Å².